The molecule has 1 aliphatic carbocycles. The van der Waals surface area contributed by atoms with Crippen molar-refractivity contribution in [2.24, 2.45) is 0 Å². The van der Waals surface area contributed by atoms with Crippen LogP contribution in [-0.4, -0.2) is 34.3 Å². The zero-order valence-corrected chi connectivity index (χ0v) is 14.2. The lowest BCUT2D eigenvalue weighted by Crippen LogP contribution is -2.28. The van der Waals surface area contributed by atoms with Crippen LogP contribution in [0.15, 0.2) is 36.0 Å². The third-order valence-electron chi connectivity index (χ3n) is 4.57. The summed E-state index contributed by atoms with van der Waals surface area (Å²) >= 11 is 1.61. The van der Waals surface area contributed by atoms with Gasteiger partial charge in [-0.25, -0.2) is 9.97 Å². The molecule has 24 heavy (non-hydrogen) atoms. The molecule has 0 aliphatic heterocycles. The van der Waals surface area contributed by atoms with E-state index in [2.05, 4.69) is 20.7 Å². The van der Waals surface area contributed by atoms with Crippen LogP contribution in [0.25, 0.3) is 21.3 Å². The number of aromatic nitrogens is 2. The minimum Gasteiger partial charge on any atom is -0.497 e. The number of ether oxygens (including phenoxy) is 1. The van der Waals surface area contributed by atoms with E-state index in [1.165, 1.54) is 0 Å². The van der Waals surface area contributed by atoms with Crippen molar-refractivity contribution in [3.05, 3.63) is 36.0 Å². The van der Waals surface area contributed by atoms with Crippen LogP contribution in [0.2, 0.25) is 0 Å². The van der Waals surface area contributed by atoms with Gasteiger partial charge < -0.3 is 15.2 Å². The van der Waals surface area contributed by atoms with Gasteiger partial charge in [0.05, 0.1) is 24.6 Å². The van der Waals surface area contributed by atoms with Crippen molar-refractivity contribution in [1.29, 1.82) is 0 Å². The highest BCUT2D eigenvalue weighted by Crippen LogP contribution is 2.37. The fraction of sp³-hybridized carbons (Fsp3) is 0.333. The Hall–Kier alpha value is -2.18. The molecule has 1 aliphatic rings. The van der Waals surface area contributed by atoms with E-state index in [-0.39, 0.29) is 12.1 Å². The van der Waals surface area contributed by atoms with Gasteiger partial charge in [0.15, 0.2) is 0 Å². The summed E-state index contributed by atoms with van der Waals surface area (Å²) in [7, 11) is 1.66. The molecule has 1 saturated carbocycles. The molecule has 4 rings (SSSR count). The SMILES string of the molecule is COc1ccc(-c2csc3ncnc(N[C@@H]4CCC[C@@H]4O)c23)cc1. The lowest BCUT2D eigenvalue weighted by molar-refractivity contribution is 0.171. The minimum absolute atomic E-state index is 0.0618. The molecule has 2 atom stereocenters. The predicted octanol–water partition coefficient (Wildman–Crippen LogP) is 3.69. The number of benzene rings is 1. The standard InChI is InChI=1S/C18H19N3O2S/c1-23-12-7-5-11(6-8-12)13-9-24-18-16(13)17(19-10-20-18)21-14-3-2-4-15(14)22/h5-10,14-15,22H,2-4H2,1H3,(H,19,20,21)/t14-,15+/m1/s1. The Morgan fingerprint density at radius 3 is 2.75 bits per heavy atom. The molecule has 0 saturated heterocycles. The molecule has 1 fully saturated rings. The van der Waals surface area contributed by atoms with E-state index in [1.54, 1.807) is 24.8 Å². The summed E-state index contributed by atoms with van der Waals surface area (Å²) in [5.74, 6) is 1.64. The highest BCUT2D eigenvalue weighted by Gasteiger charge is 2.26. The molecule has 0 unspecified atom stereocenters. The Bertz CT molecular complexity index is 847. The van der Waals surface area contributed by atoms with E-state index in [4.69, 9.17) is 4.74 Å². The van der Waals surface area contributed by atoms with Crippen LogP contribution in [0.4, 0.5) is 5.82 Å². The average Bonchev–Trinajstić information content (AvgIpc) is 3.22. The van der Waals surface area contributed by atoms with Crippen LogP contribution < -0.4 is 10.1 Å². The quantitative estimate of drug-likeness (QED) is 0.757. The van der Waals surface area contributed by atoms with Gasteiger partial charge in [-0.3, -0.25) is 0 Å². The first kappa shape index (κ1) is 15.4. The molecule has 124 valence electrons. The molecule has 3 aromatic rings. The number of hydrogen-bond donors (Lipinski definition) is 2. The zero-order chi connectivity index (χ0) is 16.5. The van der Waals surface area contributed by atoms with Gasteiger partial charge in [0, 0.05) is 10.9 Å². The second-order valence-corrected chi connectivity index (χ2v) is 6.89. The first-order valence-electron chi connectivity index (χ1n) is 8.07. The van der Waals surface area contributed by atoms with Gasteiger partial charge in [0.1, 0.15) is 22.7 Å². The first-order chi connectivity index (χ1) is 11.8. The second kappa shape index (κ2) is 6.37. The van der Waals surface area contributed by atoms with Crippen molar-refractivity contribution in [1.82, 2.24) is 9.97 Å². The maximum Gasteiger partial charge on any atom is 0.139 e. The number of anilines is 1. The van der Waals surface area contributed by atoms with E-state index in [0.29, 0.717) is 0 Å². The summed E-state index contributed by atoms with van der Waals surface area (Å²) in [6.07, 6.45) is 4.14. The molecule has 2 aromatic heterocycles. The number of aliphatic hydroxyl groups is 1. The van der Waals surface area contributed by atoms with Crippen molar-refractivity contribution in [2.75, 3.05) is 12.4 Å². The molecule has 1 aromatic carbocycles. The number of thiophene rings is 1. The lowest BCUT2D eigenvalue weighted by atomic mass is 10.1. The molecular weight excluding hydrogens is 322 g/mol. The maximum atomic E-state index is 10.1. The van der Waals surface area contributed by atoms with Crippen molar-refractivity contribution >= 4 is 27.4 Å². The fourth-order valence-electron chi connectivity index (χ4n) is 3.25. The Balaban J connectivity index is 1.76. The lowest BCUT2D eigenvalue weighted by Gasteiger charge is -2.18. The molecular formula is C18H19N3O2S. The van der Waals surface area contributed by atoms with Gasteiger partial charge in [0.2, 0.25) is 0 Å². The second-order valence-electron chi connectivity index (χ2n) is 6.03. The summed E-state index contributed by atoms with van der Waals surface area (Å²) in [6, 6.07) is 8.06. The predicted molar refractivity (Wildman–Crippen MR) is 96.7 cm³/mol. The number of aliphatic hydroxyl groups excluding tert-OH is 1. The van der Waals surface area contributed by atoms with E-state index in [0.717, 1.165) is 52.2 Å². The number of fused-ring (bicyclic) bond motifs is 1. The summed E-state index contributed by atoms with van der Waals surface area (Å²) < 4.78 is 5.24. The Morgan fingerprint density at radius 2 is 2.04 bits per heavy atom. The summed E-state index contributed by atoms with van der Waals surface area (Å²) in [4.78, 5) is 9.79. The number of rotatable bonds is 4. The molecule has 0 radical (unpaired) electrons. The number of hydrogen-bond acceptors (Lipinski definition) is 6. The van der Waals surface area contributed by atoms with Crippen molar-refractivity contribution in [3.63, 3.8) is 0 Å². The van der Waals surface area contributed by atoms with Gasteiger partial charge >= 0.3 is 0 Å². The third kappa shape index (κ3) is 2.72. The zero-order valence-electron chi connectivity index (χ0n) is 13.4. The van der Waals surface area contributed by atoms with Crippen molar-refractivity contribution in [3.8, 4) is 16.9 Å². The monoisotopic (exact) mass is 341 g/mol. The van der Waals surface area contributed by atoms with E-state index >= 15 is 0 Å². The summed E-state index contributed by atoms with van der Waals surface area (Å²) in [5.41, 5.74) is 2.21. The molecule has 0 amide bonds. The van der Waals surface area contributed by atoms with E-state index in [1.807, 2.05) is 24.3 Å². The van der Waals surface area contributed by atoms with Gasteiger partial charge in [0.25, 0.3) is 0 Å². The molecule has 2 heterocycles. The van der Waals surface area contributed by atoms with Gasteiger partial charge in [-0.15, -0.1) is 11.3 Å². The largest absolute Gasteiger partial charge is 0.497 e. The fourth-order valence-corrected chi connectivity index (χ4v) is 4.17. The topological polar surface area (TPSA) is 67.3 Å². The van der Waals surface area contributed by atoms with Crippen LogP contribution >= 0.6 is 11.3 Å². The molecule has 0 spiro atoms. The Kier molecular flexibility index (Phi) is 4.08. The van der Waals surface area contributed by atoms with Crippen LogP contribution in [-0.2, 0) is 0 Å². The van der Waals surface area contributed by atoms with E-state index in [9.17, 15) is 5.11 Å². The number of nitrogens with zero attached hydrogens (tertiary/aromatic N) is 2. The normalized spacial score (nSPS) is 20.4. The molecule has 0 bridgehead atoms. The van der Waals surface area contributed by atoms with Gasteiger partial charge in [-0.2, -0.15) is 0 Å². The summed E-state index contributed by atoms with van der Waals surface area (Å²) in [6.45, 7) is 0. The van der Waals surface area contributed by atoms with Crippen LogP contribution in [0, 0.1) is 0 Å². The molecule has 6 heteroatoms. The minimum atomic E-state index is -0.307. The average molecular weight is 341 g/mol. The van der Waals surface area contributed by atoms with Crippen molar-refractivity contribution in [2.45, 2.75) is 31.4 Å². The highest BCUT2D eigenvalue weighted by molar-refractivity contribution is 7.17. The Morgan fingerprint density at radius 1 is 1.21 bits per heavy atom. The third-order valence-corrected chi connectivity index (χ3v) is 5.46. The number of methoxy groups -OCH3 is 1. The van der Waals surface area contributed by atoms with Crippen LogP contribution in [0.1, 0.15) is 19.3 Å². The van der Waals surface area contributed by atoms with E-state index < -0.39 is 0 Å². The van der Waals surface area contributed by atoms with Gasteiger partial charge in [-0.1, -0.05) is 12.1 Å². The maximum absolute atomic E-state index is 10.1. The smallest absolute Gasteiger partial charge is 0.139 e. The summed E-state index contributed by atoms with van der Waals surface area (Å²) in [5, 5.41) is 16.7. The molecule has 2 N–H and O–H groups in total. The highest BCUT2D eigenvalue weighted by atomic mass is 32.1. The number of nitrogens with one attached hydrogen (secondary N) is 1. The molecule has 5 nitrogen and oxygen atoms in total. The van der Waals surface area contributed by atoms with Crippen LogP contribution in [0.5, 0.6) is 5.75 Å². The van der Waals surface area contributed by atoms with Crippen molar-refractivity contribution < 1.29 is 9.84 Å². The van der Waals surface area contributed by atoms with Gasteiger partial charge in [-0.05, 0) is 37.0 Å². The Labute approximate surface area is 144 Å². The first-order valence-corrected chi connectivity index (χ1v) is 8.95. The van der Waals surface area contributed by atoms with Crippen LogP contribution in [0.3, 0.4) is 0 Å².